The average Bonchev–Trinajstić information content (AvgIpc) is 3.25. The Bertz CT molecular complexity index is 1080. The molecular weight excluding hydrogens is 552 g/mol. The van der Waals surface area contributed by atoms with Crippen molar-refractivity contribution in [2.24, 2.45) is 0 Å². The second-order valence-electron chi connectivity index (χ2n) is 8.96. The topological polar surface area (TPSA) is 121 Å². The number of rotatable bonds is 5. The van der Waals surface area contributed by atoms with Crippen molar-refractivity contribution < 1.29 is 55.6 Å². The fraction of sp³-hybridized carbons (Fsp3) is 0.480. The van der Waals surface area contributed by atoms with Gasteiger partial charge in [0.05, 0.1) is 12.7 Å². The number of anilines is 1. The number of halogens is 6. The van der Waals surface area contributed by atoms with Crippen molar-refractivity contribution in [2.75, 3.05) is 32.1 Å². The quantitative estimate of drug-likeness (QED) is 0.436. The highest BCUT2D eigenvalue weighted by Crippen LogP contribution is 2.36. The van der Waals surface area contributed by atoms with Gasteiger partial charge < -0.3 is 25.0 Å². The van der Waals surface area contributed by atoms with Gasteiger partial charge in [-0.3, -0.25) is 4.90 Å². The van der Waals surface area contributed by atoms with Crippen molar-refractivity contribution in [2.45, 2.75) is 49.8 Å². The summed E-state index contributed by atoms with van der Waals surface area (Å²) in [5.41, 5.74) is 1.21. The molecule has 15 heteroatoms. The van der Waals surface area contributed by atoms with E-state index in [1.54, 1.807) is 7.11 Å². The molecule has 2 fully saturated rings. The maximum absolute atomic E-state index is 10.6. The molecule has 2 atom stereocenters. The van der Waals surface area contributed by atoms with Crippen molar-refractivity contribution in [1.29, 1.82) is 0 Å². The molecule has 0 unspecified atom stereocenters. The van der Waals surface area contributed by atoms with Crippen LogP contribution < -0.4 is 10.1 Å². The summed E-state index contributed by atoms with van der Waals surface area (Å²) in [5.74, 6) is -3.59. The van der Waals surface area contributed by atoms with Gasteiger partial charge in [0.15, 0.2) is 0 Å². The Balaban J connectivity index is 0.000000333. The Kier molecular flexibility index (Phi) is 11.5. The van der Waals surface area contributed by atoms with Crippen LogP contribution in [0.25, 0.3) is 0 Å². The molecule has 9 nitrogen and oxygen atoms in total. The van der Waals surface area contributed by atoms with Gasteiger partial charge in [-0.05, 0) is 37.5 Å². The van der Waals surface area contributed by atoms with Crippen LogP contribution in [0, 0.1) is 0 Å². The van der Waals surface area contributed by atoms with E-state index in [0.717, 1.165) is 57.1 Å². The van der Waals surface area contributed by atoms with Crippen molar-refractivity contribution in [1.82, 2.24) is 9.88 Å². The molecule has 0 bridgehead atoms. The molecule has 1 aromatic carbocycles. The summed E-state index contributed by atoms with van der Waals surface area (Å²) in [5, 5.41) is 17.8. The van der Waals surface area contributed by atoms with Crippen LogP contribution in [0.4, 0.5) is 32.2 Å². The second-order valence-corrected chi connectivity index (χ2v) is 8.96. The average molecular weight is 582 g/mol. The van der Waals surface area contributed by atoms with Crippen LogP contribution in [0.1, 0.15) is 24.8 Å². The Morgan fingerprint density at radius 2 is 1.68 bits per heavy atom. The predicted molar refractivity (Wildman–Crippen MR) is 130 cm³/mol. The zero-order valence-electron chi connectivity index (χ0n) is 21.3. The van der Waals surface area contributed by atoms with E-state index in [1.165, 1.54) is 5.56 Å². The number of aromatic nitrogens is 1. The van der Waals surface area contributed by atoms with Crippen LogP contribution in [0.2, 0.25) is 0 Å². The van der Waals surface area contributed by atoms with E-state index in [4.69, 9.17) is 29.3 Å². The molecule has 4 rings (SSSR count). The summed E-state index contributed by atoms with van der Waals surface area (Å²) in [6.07, 6.45) is -5.18. The number of alkyl halides is 6. The van der Waals surface area contributed by atoms with Crippen LogP contribution in [0.15, 0.2) is 48.7 Å². The van der Waals surface area contributed by atoms with Crippen molar-refractivity contribution in [3.63, 3.8) is 0 Å². The minimum atomic E-state index is -5.08. The van der Waals surface area contributed by atoms with Gasteiger partial charge in [-0.1, -0.05) is 24.3 Å². The number of likely N-dealkylation sites (tertiary alicyclic amines) is 1. The number of hydrogen-bond donors (Lipinski definition) is 3. The molecule has 222 valence electrons. The number of nitrogens with one attached hydrogen (secondary N) is 1. The van der Waals surface area contributed by atoms with Gasteiger partial charge in [0.1, 0.15) is 11.6 Å². The predicted octanol–water partition coefficient (Wildman–Crippen LogP) is 4.59. The Hall–Kier alpha value is -3.59. The number of carboxylic acid groups (broad SMARTS) is 2. The third-order valence-corrected chi connectivity index (χ3v) is 5.98. The molecule has 1 aromatic heterocycles. The normalized spacial score (nSPS) is 20.9. The molecule has 1 spiro atoms. The highest BCUT2D eigenvalue weighted by Gasteiger charge is 2.43. The van der Waals surface area contributed by atoms with Crippen molar-refractivity contribution in [3.8, 4) is 5.75 Å². The fourth-order valence-corrected chi connectivity index (χ4v) is 4.23. The van der Waals surface area contributed by atoms with Gasteiger partial charge >= 0.3 is 24.3 Å². The van der Waals surface area contributed by atoms with Crippen LogP contribution in [-0.4, -0.2) is 82.8 Å². The van der Waals surface area contributed by atoms with Gasteiger partial charge in [-0.25, -0.2) is 14.6 Å². The van der Waals surface area contributed by atoms with E-state index < -0.39 is 24.3 Å². The smallest absolute Gasteiger partial charge is 0.490 e. The summed E-state index contributed by atoms with van der Waals surface area (Å²) >= 11 is 0. The summed E-state index contributed by atoms with van der Waals surface area (Å²) in [6.45, 7) is 3.76. The molecule has 3 N–H and O–H groups in total. The third kappa shape index (κ3) is 10.5. The SMILES string of the molecule is COc1ccccc1CN1CC[C@@]2(C[C@H](Nc3ccccn3)CCO2)C1.O=C(O)C(F)(F)F.O=C(O)C(F)(F)F. The Morgan fingerprint density at radius 3 is 2.23 bits per heavy atom. The van der Waals surface area contributed by atoms with Gasteiger partial charge in [-0.15, -0.1) is 0 Å². The van der Waals surface area contributed by atoms with Gasteiger partial charge in [0.2, 0.25) is 0 Å². The molecular formula is C25H29F6N3O6. The summed E-state index contributed by atoms with van der Waals surface area (Å²) in [4.78, 5) is 24.7. The zero-order chi connectivity index (χ0) is 30.0. The molecule has 2 aliphatic rings. The fourth-order valence-electron chi connectivity index (χ4n) is 4.23. The second kappa shape index (κ2) is 14.2. The van der Waals surface area contributed by atoms with E-state index in [-0.39, 0.29) is 5.60 Å². The molecule has 2 aliphatic heterocycles. The maximum Gasteiger partial charge on any atom is 0.490 e. The minimum absolute atomic E-state index is 0.0350. The van der Waals surface area contributed by atoms with E-state index >= 15 is 0 Å². The number of pyridine rings is 1. The molecule has 40 heavy (non-hydrogen) atoms. The number of aliphatic carboxylic acids is 2. The first-order valence-electron chi connectivity index (χ1n) is 11.9. The first-order valence-corrected chi connectivity index (χ1v) is 11.9. The van der Waals surface area contributed by atoms with Crippen LogP contribution in [-0.2, 0) is 20.9 Å². The number of benzene rings is 1. The Morgan fingerprint density at radius 1 is 1.07 bits per heavy atom. The molecule has 0 amide bonds. The molecule has 0 radical (unpaired) electrons. The molecule has 3 heterocycles. The van der Waals surface area contributed by atoms with E-state index in [2.05, 4.69) is 27.3 Å². The lowest BCUT2D eigenvalue weighted by Crippen LogP contribution is -2.46. The highest BCUT2D eigenvalue weighted by molar-refractivity contribution is 5.73. The van der Waals surface area contributed by atoms with Gasteiger partial charge in [-0.2, -0.15) is 26.3 Å². The highest BCUT2D eigenvalue weighted by atomic mass is 19.4. The largest absolute Gasteiger partial charge is 0.496 e. The van der Waals surface area contributed by atoms with Crippen molar-refractivity contribution in [3.05, 3.63) is 54.2 Å². The van der Waals surface area contributed by atoms with Crippen LogP contribution >= 0.6 is 0 Å². The number of hydrogen-bond acceptors (Lipinski definition) is 7. The maximum atomic E-state index is 10.6. The number of ether oxygens (including phenoxy) is 2. The lowest BCUT2D eigenvalue weighted by molar-refractivity contribution is -0.193. The number of carbonyl (C=O) groups is 2. The number of para-hydroxylation sites is 1. The molecule has 0 aliphatic carbocycles. The number of methoxy groups -OCH3 is 1. The summed E-state index contributed by atoms with van der Waals surface area (Å²) in [6, 6.07) is 14.7. The molecule has 0 saturated carbocycles. The van der Waals surface area contributed by atoms with Crippen LogP contribution in [0.3, 0.4) is 0 Å². The van der Waals surface area contributed by atoms with Crippen molar-refractivity contribution >= 4 is 17.8 Å². The van der Waals surface area contributed by atoms with E-state index in [9.17, 15) is 26.3 Å². The number of nitrogens with zero attached hydrogens (tertiary/aromatic N) is 2. The van der Waals surface area contributed by atoms with Gasteiger partial charge in [0, 0.05) is 44.0 Å². The molecule has 2 saturated heterocycles. The van der Waals surface area contributed by atoms with E-state index in [1.807, 2.05) is 36.5 Å². The number of carboxylic acids is 2. The lowest BCUT2D eigenvalue weighted by atomic mass is 9.89. The minimum Gasteiger partial charge on any atom is -0.496 e. The standard InChI is InChI=1S/C21H27N3O2.2C2HF3O2/c1-25-19-7-3-2-6-17(19)15-24-12-10-21(16-24)14-18(9-13-26-21)23-20-8-4-5-11-22-20;2*3-2(4,5)1(6)7/h2-8,11,18H,9-10,12-16H2,1H3,(H,22,23);2*(H,6,7)/t18-,21-;;/m1../s1. The summed E-state index contributed by atoms with van der Waals surface area (Å²) in [7, 11) is 1.74. The first-order chi connectivity index (χ1) is 18.6. The van der Waals surface area contributed by atoms with E-state index in [0.29, 0.717) is 6.04 Å². The van der Waals surface area contributed by atoms with Crippen LogP contribution in [0.5, 0.6) is 5.75 Å². The Labute approximate surface area is 225 Å². The van der Waals surface area contributed by atoms with Gasteiger partial charge in [0.25, 0.3) is 0 Å². The molecule has 2 aromatic rings. The summed E-state index contributed by atoms with van der Waals surface area (Å²) < 4.78 is 75.3. The lowest BCUT2D eigenvalue weighted by Gasteiger charge is -2.38. The zero-order valence-corrected chi connectivity index (χ0v) is 21.3. The third-order valence-electron chi connectivity index (χ3n) is 5.98. The monoisotopic (exact) mass is 581 g/mol. The first kappa shape index (κ1) is 32.6.